The lowest BCUT2D eigenvalue weighted by Crippen LogP contribution is -2.41. The van der Waals surface area contributed by atoms with Crippen LogP contribution in [0.1, 0.15) is 29.7 Å². The zero-order chi connectivity index (χ0) is 17.9. The van der Waals surface area contributed by atoms with E-state index in [1.54, 1.807) is 0 Å². The summed E-state index contributed by atoms with van der Waals surface area (Å²) in [5, 5.41) is 3.13. The molecule has 1 saturated heterocycles. The van der Waals surface area contributed by atoms with Crippen LogP contribution in [-0.4, -0.2) is 34.0 Å². The van der Waals surface area contributed by atoms with Crippen LogP contribution in [0, 0.1) is 6.92 Å². The highest BCUT2D eigenvalue weighted by Crippen LogP contribution is 2.28. The Balaban J connectivity index is 1.61. The zero-order valence-electron chi connectivity index (χ0n) is 14.1. The molecule has 4 nitrogen and oxygen atoms in total. The summed E-state index contributed by atoms with van der Waals surface area (Å²) in [6, 6.07) is 9.47. The molecule has 0 spiro atoms. The first-order chi connectivity index (χ1) is 11.9. The molecule has 0 amide bonds. The second-order valence-corrected chi connectivity index (χ2v) is 6.49. The Morgan fingerprint density at radius 1 is 1.20 bits per heavy atom. The molecule has 1 atom stereocenters. The molecule has 1 aliphatic heterocycles. The van der Waals surface area contributed by atoms with Crippen molar-refractivity contribution < 1.29 is 13.2 Å². The summed E-state index contributed by atoms with van der Waals surface area (Å²) in [6.07, 6.45) is -1.59. The van der Waals surface area contributed by atoms with Crippen molar-refractivity contribution in [2.75, 3.05) is 18.4 Å². The first kappa shape index (κ1) is 17.7. The van der Waals surface area contributed by atoms with Crippen molar-refractivity contribution in [2.24, 2.45) is 0 Å². The smallest absolute Gasteiger partial charge is 0.366 e. The number of alkyl halides is 3. The second kappa shape index (κ2) is 7.39. The van der Waals surface area contributed by atoms with Gasteiger partial charge in [0, 0.05) is 25.2 Å². The van der Waals surface area contributed by atoms with Crippen molar-refractivity contribution in [2.45, 2.75) is 38.5 Å². The van der Waals surface area contributed by atoms with Gasteiger partial charge in [0.15, 0.2) is 0 Å². The van der Waals surface area contributed by atoms with E-state index in [4.69, 9.17) is 0 Å². The number of aryl methyl sites for hydroxylation is 1. The molecule has 1 aromatic heterocycles. The number of rotatable bonds is 4. The maximum absolute atomic E-state index is 12.8. The molecule has 2 aromatic rings. The maximum Gasteiger partial charge on any atom is 0.433 e. The van der Waals surface area contributed by atoms with Crippen molar-refractivity contribution in [3.63, 3.8) is 0 Å². The molecule has 1 aliphatic rings. The number of aromatic nitrogens is 2. The number of halogens is 3. The summed E-state index contributed by atoms with van der Waals surface area (Å²) in [7, 11) is 0. The van der Waals surface area contributed by atoms with Gasteiger partial charge in [-0.15, -0.1) is 0 Å². The average Bonchev–Trinajstić information content (AvgIpc) is 2.57. The molecular weight excluding hydrogens is 329 g/mol. The molecule has 0 bridgehead atoms. The normalized spacial score (nSPS) is 19.0. The van der Waals surface area contributed by atoms with E-state index in [9.17, 15) is 13.2 Å². The van der Waals surface area contributed by atoms with Crippen LogP contribution in [0.5, 0.6) is 0 Å². The molecule has 134 valence electrons. The number of nitrogens with zero attached hydrogens (tertiary/aromatic N) is 3. The molecule has 2 heterocycles. The number of nitrogens with one attached hydrogen (secondary N) is 1. The Morgan fingerprint density at radius 3 is 2.68 bits per heavy atom. The van der Waals surface area contributed by atoms with E-state index >= 15 is 0 Å². The molecule has 1 aromatic carbocycles. The molecular formula is C18H21F3N4. The highest BCUT2D eigenvalue weighted by molar-refractivity contribution is 5.37. The third-order valence-electron chi connectivity index (χ3n) is 4.34. The summed E-state index contributed by atoms with van der Waals surface area (Å²) in [4.78, 5) is 9.54. The molecule has 0 aliphatic carbocycles. The average molecular weight is 350 g/mol. The summed E-state index contributed by atoms with van der Waals surface area (Å²) in [5.74, 6) is 0.226. The molecule has 3 rings (SSSR count). The molecule has 0 radical (unpaired) electrons. The van der Waals surface area contributed by atoms with E-state index in [0.717, 1.165) is 44.9 Å². The Morgan fingerprint density at radius 2 is 1.96 bits per heavy atom. The van der Waals surface area contributed by atoms with Crippen LogP contribution in [0.15, 0.2) is 36.7 Å². The van der Waals surface area contributed by atoms with Gasteiger partial charge in [-0.2, -0.15) is 13.2 Å². The maximum atomic E-state index is 12.8. The van der Waals surface area contributed by atoms with Crippen LogP contribution < -0.4 is 5.32 Å². The highest BCUT2D eigenvalue weighted by Gasteiger charge is 2.33. The van der Waals surface area contributed by atoms with Gasteiger partial charge < -0.3 is 5.32 Å². The van der Waals surface area contributed by atoms with Gasteiger partial charge in [-0.25, -0.2) is 9.97 Å². The quantitative estimate of drug-likeness (QED) is 0.909. The minimum absolute atomic E-state index is 0.0789. The lowest BCUT2D eigenvalue weighted by Gasteiger charge is -2.33. The summed E-state index contributed by atoms with van der Waals surface area (Å²) < 4.78 is 38.3. The molecule has 7 heteroatoms. The topological polar surface area (TPSA) is 41.0 Å². The third kappa shape index (κ3) is 4.92. The van der Waals surface area contributed by atoms with Gasteiger partial charge in [0.25, 0.3) is 0 Å². The number of likely N-dealkylation sites (tertiary alicyclic amines) is 1. The fraction of sp³-hybridized carbons (Fsp3) is 0.444. The number of anilines is 1. The molecule has 1 N–H and O–H groups in total. The van der Waals surface area contributed by atoms with Crippen LogP contribution in [-0.2, 0) is 12.7 Å². The third-order valence-corrected chi connectivity index (χ3v) is 4.34. The van der Waals surface area contributed by atoms with E-state index in [0.29, 0.717) is 0 Å². The zero-order valence-corrected chi connectivity index (χ0v) is 14.1. The van der Waals surface area contributed by atoms with Crippen LogP contribution >= 0.6 is 0 Å². The summed E-state index contributed by atoms with van der Waals surface area (Å²) in [5.41, 5.74) is 1.55. The van der Waals surface area contributed by atoms with Crippen molar-refractivity contribution in [3.05, 3.63) is 53.5 Å². The standard InChI is InChI=1S/C18H21F3N4/c1-13-4-6-14(7-5-13)10-25-8-2-3-15(11-25)24-17-9-16(18(19,20)21)22-12-23-17/h4-7,9,12,15H,2-3,8,10-11H2,1H3,(H,22,23,24). The van der Waals surface area contributed by atoms with Crippen molar-refractivity contribution in [1.29, 1.82) is 0 Å². The molecule has 1 unspecified atom stereocenters. The van der Waals surface area contributed by atoms with Crippen molar-refractivity contribution >= 4 is 5.82 Å². The van der Waals surface area contributed by atoms with Crippen LogP contribution in [0.25, 0.3) is 0 Å². The van der Waals surface area contributed by atoms with Gasteiger partial charge in [0.05, 0.1) is 0 Å². The molecule has 25 heavy (non-hydrogen) atoms. The Hall–Kier alpha value is -2.15. The minimum atomic E-state index is -4.45. The lowest BCUT2D eigenvalue weighted by molar-refractivity contribution is -0.141. The van der Waals surface area contributed by atoms with Gasteiger partial charge in [0.2, 0.25) is 0 Å². The number of piperidine rings is 1. The first-order valence-corrected chi connectivity index (χ1v) is 8.34. The molecule has 0 saturated carbocycles. The Bertz CT molecular complexity index is 700. The summed E-state index contributed by atoms with van der Waals surface area (Å²) in [6.45, 7) is 4.67. The van der Waals surface area contributed by atoms with Gasteiger partial charge in [-0.05, 0) is 31.9 Å². The SMILES string of the molecule is Cc1ccc(CN2CCCC(Nc3cc(C(F)(F)F)ncn3)C2)cc1. The van der Waals surface area contributed by atoms with Crippen molar-refractivity contribution in [1.82, 2.24) is 14.9 Å². The highest BCUT2D eigenvalue weighted by atomic mass is 19.4. The van der Waals surface area contributed by atoms with Gasteiger partial charge in [0.1, 0.15) is 17.8 Å². The lowest BCUT2D eigenvalue weighted by atomic mass is 10.0. The van der Waals surface area contributed by atoms with E-state index < -0.39 is 11.9 Å². The monoisotopic (exact) mass is 350 g/mol. The van der Waals surface area contributed by atoms with Gasteiger partial charge >= 0.3 is 6.18 Å². The Labute approximate surface area is 145 Å². The number of benzene rings is 1. The van der Waals surface area contributed by atoms with Crippen LogP contribution in [0.3, 0.4) is 0 Å². The first-order valence-electron chi connectivity index (χ1n) is 8.34. The summed E-state index contributed by atoms with van der Waals surface area (Å²) >= 11 is 0. The predicted molar refractivity (Wildman–Crippen MR) is 90.1 cm³/mol. The largest absolute Gasteiger partial charge is 0.433 e. The van der Waals surface area contributed by atoms with E-state index in [-0.39, 0.29) is 11.9 Å². The van der Waals surface area contributed by atoms with Crippen molar-refractivity contribution in [3.8, 4) is 0 Å². The second-order valence-electron chi connectivity index (χ2n) is 6.49. The van der Waals surface area contributed by atoms with E-state index in [1.165, 1.54) is 11.1 Å². The van der Waals surface area contributed by atoms with Gasteiger partial charge in [-0.3, -0.25) is 4.90 Å². The fourth-order valence-corrected chi connectivity index (χ4v) is 3.07. The predicted octanol–water partition coefficient (Wildman–Crippen LogP) is 3.88. The fourth-order valence-electron chi connectivity index (χ4n) is 3.07. The number of hydrogen-bond acceptors (Lipinski definition) is 4. The van der Waals surface area contributed by atoms with E-state index in [2.05, 4.69) is 51.4 Å². The minimum Gasteiger partial charge on any atom is -0.366 e. The van der Waals surface area contributed by atoms with Gasteiger partial charge in [-0.1, -0.05) is 29.8 Å². The van der Waals surface area contributed by atoms with E-state index in [1.807, 2.05) is 0 Å². The Kier molecular flexibility index (Phi) is 5.22. The number of hydrogen-bond donors (Lipinski definition) is 1. The van der Waals surface area contributed by atoms with Crippen LogP contribution in [0.4, 0.5) is 19.0 Å². The van der Waals surface area contributed by atoms with Crippen LogP contribution in [0.2, 0.25) is 0 Å². The molecule has 1 fully saturated rings.